The van der Waals surface area contributed by atoms with Crippen LogP contribution in [0.1, 0.15) is 55.0 Å². The SMILES string of the molecule is O=c1c2ccccc2nc(C2CCCCC2)n1N=Cc1ccc(OCc2ccc(F)cc2)cc1. The Balaban J connectivity index is 1.38. The zero-order valence-corrected chi connectivity index (χ0v) is 18.9. The monoisotopic (exact) mass is 455 g/mol. The molecule has 1 fully saturated rings. The highest BCUT2D eigenvalue weighted by atomic mass is 19.1. The molecule has 0 aliphatic heterocycles. The van der Waals surface area contributed by atoms with Gasteiger partial charge in [0.25, 0.3) is 5.56 Å². The number of aromatic nitrogens is 2. The quantitative estimate of drug-likeness (QED) is 0.333. The molecule has 3 aromatic carbocycles. The van der Waals surface area contributed by atoms with Gasteiger partial charge in [0.2, 0.25) is 0 Å². The summed E-state index contributed by atoms with van der Waals surface area (Å²) < 4.78 is 20.3. The molecule has 0 unspecified atom stereocenters. The van der Waals surface area contributed by atoms with Crippen molar-refractivity contribution in [3.8, 4) is 5.75 Å². The average Bonchev–Trinajstić information content (AvgIpc) is 2.89. The predicted molar refractivity (Wildman–Crippen MR) is 132 cm³/mol. The van der Waals surface area contributed by atoms with Crippen molar-refractivity contribution in [3.05, 3.63) is 106 Å². The van der Waals surface area contributed by atoms with Crippen molar-refractivity contribution in [2.45, 2.75) is 44.6 Å². The molecule has 0 radical (unpaired) electrons. The summed E-state index contributed by atoms with van der Waals surface area (Å²) in [4.78, 5) is 18.1. The number of nitrogens with zero attached hydrogens (tertiary/aromatic N) is 3. The summed E-state index contributed by atoms with van der Waals surface area (Å²) in [6, 6.07) is 21.2. The van der Waals surface area contributed by atoms with Crippen LogP contribution in [0.15, 0.2) is 82.7 Å². The first-order valence-electron chi connectivity index (χ1n) is 11.7. The van der Waals surface area contributed by atoms with Crippen molar-refractivity contribution in [2.24, 2.45) is 5.10 Å². The normalized spacial score (nSPS) is 14.6. The molecule has 6 heteroatoms. The van der Waals surface area contributed by atoms with Crippen molar-refractivity contribution in [3.63, 3.8) is 0 Å². The molecular formula is C28H26FN3O2. The first kappa shape index (κ1) is 22.0. The van der Waals surface area contributed by atoms with E-state index in [2.05, 4.69) is 5.10 Å². The van der Waals surface area contributed by atoms with Crippen molar-refractivity contribution in [2.75, 3.05) is 0 Å². The van der Waals surface area contributed by atoms with Gasteiger partial charge in [0.15, 0.2) is 0 Å². The molecule has 172 valence electrons. The van der Waals surface area contributed by atoms with Crippen LogP contribution in [0, 0.1) is 5.82 Å². The first-order valence-corrected chi connectivity index (χ1v) is 11.7. The molecule has 0 N–H and O–H groups in total. The number of rotatable bonds is 6. The van der Waals surface area contributed by atoms with E-state index in [1.54, 1.807) is 24.4 Å². The first-order chi connectivity index (χ1) is 16.7. The smallest absolute Gasteiger partial charge is 0.282 e. The second-order valence-electron chi connectivity index (χ2n) is 8.67. The van der Waals surface area contributed by atoms with Gasteiger partial charge >= 0.3 is 0 Å². The number of hydrogen-bond acceptors (Lipinski definition) is 4. The van der Waals surface area contributed by atoms with Crippen LogP contribution in [0.4, 0.5) is 4.39 Å². The van der Waals surface area contributed by atoms with E-state index < -0.39 is 0 Å². The van der Waals surface area contributed by atoms with Crippen LogP contribution in [0.5, 0.6) is 5.75 Å². The van der Waals surface area contributed by atoms with Gasteiger partial charge in [0.1, 0.15) is 24.0 Å². The van der Waals surface area contributed by atoms with Gasteiger partial charge in [-0.05, 0) is 72.5 Å². The molecule has 1 aliphatic rings. The summed E-state index contributed by atoms with van der Waals surface area (Å²) in [5, 5.41) is 5.15. The van der Waals surface area contributed by atoms with E-state index in [-0.39, 0.29) is 17.3 Å². The minimum Gasteiger partial charge on any atom is -0.489 e. The second-order valence-corrected chi connectivity index (χ2v) is 8.67. The minimum atomic E-state index is -0.264. The lowest BCUT2D eigenvalue weighted by Gasteiger charge is -2.22. The predicted octanol–water partition coefficient (Wildman–Crippen LogP) is 6.04. The minimum absolute atomic E-state index is 0.137. The Morgan fingerprint density at radius 2 is 1.71 bits per heavy atom. The summed E-state index contributed by atoms with van der Waals surface area (Å²) in [6.45, 7) is 0.358. The highest BCUT2D eigenvalue weighted by Gasteiger charge is 2.22. The lowest BCUT2D eigenvalue weighted by molar-refractivity contribution is 0.306. The molecule has 0 spiro atoms. The number of benzene rings is 3. The fourth-order valence-electron chi connectivity index (χ4n) is 4.40. The Labute approximate surface area is 197 Å². The van der Waals surface area contributed by atoms with Crippen LogP contribution in [-0.4, -0.2) is 15.9 Å². The summed E-state index contributed by atoms with van der Waals surface area (Å²) in [7, 11) is 0. The number of ether oxygens (including phenoxy) is 1. The molecule has 0 atom stereocenters. The third-order valence-corrected chi connectivity index (χ3v) is 6.27. The Bertz CT molecular complexity index is 1360. The van der Waals surface area contributed by atoms with Gasteiger partial charge in [-0.2, -0.15) is 9.78 Å². The molecular weight excluding hydrogens is 429 g/mol. The maximum atomic E-state index is 13.3. The van der Waals surface area contributed by atoms with Gasteiger partial charge in [-0.25, -0.2) is 9.37 Å². The zero-order chi connectivity index (χ0) is 23.3. The molecule has 0 bridgehead atoms. The van der Waals surface area contributed by atoms with E-state index in [9.17, 15) is 9.18 Å². The highest BCUT2D eigenvalue weighted by molar-refractivity contribution is 5.80. The van der Waals surface area contributed by atoms with Crippen molar-refractivity contribution < 1.29 is 9.13 Å². The van der Waals surface area contributed by atoms with Crippen LogP contribution < -0.4 is 10.3 Å². The Morgan fingerprint density at radius 1 is 0.971 bits per heavy atom. The van der Waals surface area contributed by atoms with Gasteiger partial charge in [-0.3, -0.25) is 4.79 Å². The summed E-state index contributed by atoms with van der Waals surface area (Å²) >= 11 is 0. The number of hydrogen-bond donors (Lipinski definition) is 0. The second kappa shape index (κ2) is 10.00. The number of para-hydroxylation sites is 1. The van der Waals surface area contributed by atoms with E-state index in [1.807, 2.05) is 42.5 Å². The maximum absolute atomic E-state index is 13.3. The van der Waals surface area contributed by atoms with E-state index in [1.165, 1.54) is 23.2 Å². The zero-order valence-electron chi connectivity index (χ0n) is 18.9. The maximum Gasteiger partial charge on any atom is 0.282 e. The summed E-state index contributed by atoms with van der Waals surface area (Å²) in [5.74, 6) is 1.43. The largest absolute Gasteiger partial charge is 0.489 e. The topological polar surface area (TPSA) is 56.5 Å². The number of halogens is 1. The fourth-order valence-corrected chi connectivity index (χ4v) is 4.40. The molecule has 34 heavy (non-hydrogen) atoms. The van der Waals surface area contributed by atoms with Crippen LogP contribution >= 0.6 is 0 Å². The third-order valence-electron chi connectivity index (χ3n) is 6.27. The van der Waals surface area contributed by atoms with Gasteiger partial charge in [-0.1, -0.05) is 43.5 Å². The molecule has 1 aromatic heterocycles. The van der Waals surface area contributed by atoms with E-state index in [0.717, 1.165) is 48.2 Å². The lowest BCUT2D eigenvalue weighted by atomic mass is 9.88. The van der Waals surface area contributed by atoms with Crippen LogP contribution in [0.2, 0.25) is 0 Å². The molecule has 1 heterocycles. The summed E-state index contributed by atoms with van der Waals surface area (Å²) in [5.41, 5.74) is 2.33. The molecule has 0 amide bonds. The van der Waals surface area contributed by atoms with Gasteiger partial charge < -0.3 is 4.74 Å². The lowest BCUT2D eigenvalue weighted by Crippen LogP contribution is -2.25. The molecule has 1 saturated carbocycles. The molecule has 5 rings (SSSR count). The van der Waals surface area contributed by atoms with Crippen LogP contribution in [-0.2, 0) is 6.61 Å². The van der Waals surface area contributed by atoms with E-state index in [0.29, 0.717) is 17.7 Å². The van der Waals surface area contributed by atoms with Crippen LogP contribution in [0.25, 0.3) is 10.9 Å². The van der Waals surface area contributed by atoms with Gasteiger partial charge in [0.05, 0.1) is 17.1 Å². The number of fused-ring (bicyclic) bond motifs is 1. The average molecular weight is 456 g/mol. The van der Waals surface area contributed by atoms with Crippen molar-refractivity contribution in [1.82, 2.24) is 9.66 Å². The Kier molecular flexibility index (Phi) is 6.47. The Hall–Kier alpha value is -3.80. The molecule has 1 aliphatic carbocycles. The molecule has 0 saturated heterocycles. The van der Waals surface area contributed by atoms with Crippen molar-refractivity contribution >= 4 is 17.1 Å². The molecule has 4 aromatic rings. The highest BCUT2D eigenvalue weighted by Crippen LogP contribution is 2.31. The standard InChI is InChI=1S/C28H26FN3O2/c29-23-14-10-21(11-15-23)19-34-24-16-12-20(13-17-24)18-30-32-27(22-6-2-1-3-7-22)31-26-9-5-4-8-25(26)28(32)33/h4-5,8-18,22H,1-3,6-7,19H2. The third kappa shape index (κ3) is 4.91. The molecule has 5 nitrogen and oxygen atoms in total. The fraction of sp³-hybridized carbons (Fsp3) is 0.250. The van der Waals surface area contributed by atoms with Crippen molar-refractivity contribution in [1.29, 1.82) is 0 Å². The van der Waals surface area contributed by atoms with E-state index in [4.69, 9.17) is 9.72 Å². The Morgan fingerprint density at radius 3 is 2.47 bits per heavy atom. The van der Waals surface area contributed by atoms with Gasteiger partial charge in [0, 0.05) is 5.92 Å². The van der Waals surface area contributed by atoms with E-state index >= 15 is 0 Å². The summed E-state index contributed by atoms with van der Waals surface area (Å²) in [6.07, 6.45) is 7.27. The van der Waals surface area contributed by atoms with Crippen LogP contribution in [0.3, 0.4) is 0 Å². The van der Waals surface area contributed by atoms with Gasteiger partial charge in [-0.15, -0.1) is 0 Å².